The molecular weight excluding hydrogens is 619 g/mol. The van der Waals surface area contributed by atoms with Gasteiger partial charge in [-0.25, -0.2) is 34.4 Å². The van der Waals surface area contributed by atoms with Gasteiger partial charge in [-0.2, -0.15) is 0 Å². The molecule has 0 fully saturated rings. The number of unbranched alkanes of at least 4 members (excludes halogenated alkanes) is 2. The summed E-state index contributed by atoms with van der Waals surface area (Å²) in [5.41, 5.74) is 6.81. The number of aliphatic carboxylic acids is 2. The minimum atomic E-state index is -3.84. The molecule has 0 aliphatic rings. The molecule has 2 aromatic heterocycles. The smallest absolute Gasteiger partial charge is 0.478 e. The van der Waals surface area contributed by atoms with Crippen molar-refractivity contribution in [3.05, 3.63) is 24.8 Å². The molecule has 18 nitrogen and oxygen atoms in total. The predicted octanol–water partition coefficient (Wildman–Crippen LogP) is 2.92. The molecule has 0 aliphatic heterocycles. The molecular formula is C26H41N6O12P. The van der Waals surface area contributed by atoms with Crippen molar-refractivity contribution in [3.8, 4) is 0 Å². The number of nitrogens with zero attached hydrogens (tertiary/aromatic N) is 4. The van der Waals surface area contributed by atoms with Crippen molar-refractivity contribution >= 4 is 48.6 Å². The lowest BCUT2D eigenvalue weighted by Crippen LogP contribution is -2.35. The van der Waals surface area contributed by atoms with Crippen LogP contribution in [0.1, 0.15) is 53.9 Å². The van der Waals surface area contributed by atoms with Gasteiger partial charge in [0.1, 0.15) is 24.2 Å². The van der Waals surface area contributed by atoms with Crippen LogP contribution in [0.15, 0.2) is 24.8 Å². The molecule has 19 heteroatoms. The lowest BCUT2D eigenvalue weighted by Gasteiger charge is -2.24. The Bertz CT molecular complexity index is 1320. The van der Waals surface area contributed by atoms with Crippen LogP contribution >= 0.6 is 7.52 Å². The highest BCUT2D eigenvalue weighted by Gasteiger charge is 2.31. The number of nitrogens with one attached hydrogen (secondary N) is 1. The summed E-state index contributed by atoms with van der Waals surface area (Å²) in [6.07, 6.45) is 4.37. The third-order valence-electron chi connectivity index (χ3n) is 5.29. The molecule has 5 N–H and O–H groups in total. The van der Waals surface area contributed by atoms with Crippen molar-refractivity contribution in [3.63, 3.8) is 0 Å². The number of aromatic nitrogens is 4. The Balaban J connectivity index is 0.00000111. The summed E-state index contributed by atoms with van der Waals surface area (Å²) < 4.78 is 41.3. The Hall–Kier alpha value is -4.12. The van der Waals surface area contributed by atoms with Crippen LogP contribution in [0.25, 0.3) is 11.2 Å². The molecule has 2 rings (SSSR count). The van der Waals surface area contributed by atoms with Crippen molar-refractivity contribution in [1.82, 2.24) is 24.6 Å². The van der Waals surface area contributed by atoms with E-state index in [4.69, 9.17) is 39.4 Å². The topological polar surface area (TPSA) is 254 Å². The maximum atomic E-state index is 13.5. The highest BCUT2D eigenvalue weighted by atomic mass is 31.2. The minimum absolute atomic E-state index is 0.256. The number of nitrogen functional groups attached to an aromatic ring is 1. The molecule has 0 amide bonds. The first-order chi connectivity index (χ1) is 21.2. The highest BCUT2D eigenvalue weighted by molar-refractivity contribution is 7.56. The van der Waals surface area contributed by atoms with Gasteiger partial charge >= 0.3 is 24.1 Å². The van der Waals surface area contributed by atoms with Gasteiger partial charge < -0.3 is 39.5 Å². The fourth-order valence-electron chi connectivity index (χ4n) is 3.23. The van der Waals surface area contributed by atoms with E-state index in [9.17, 15) is 23.7 Å². The van der Waals surface area contributed by atoms with Crippen molar-refractivity contribution in [2.75, 3.05) is 25.5 Å². The Morgan fingerprint density at radius 1 is 1.04 bits per heavy atom. The maximum Gasteiger partial charge on any atom is 0.510 e. The largest absolute Gasteiger partial charge is 0.510 e. The van der Waals surface area contributed by atoms with Gasteiger partial charge in [-0.15, -0.1) is 0 Å². The number of hydrogen-bond acceptors (Lipinski definition) is 14. The number of anilines is 1. The van der Waals surface area contributed by atoms with Gasteiger partial charge in [0.15, 0.2) is 11.5 Å². The highest BCUT2D eigenvalue weighted by Crippen LogP contribution is 2.43. The molecule has 2 aromatic rings. The van der Waals surface area contributed by atoms with Crippen LogP contribution in [0.3, 0.4) is 0 Å². The summed E-state index contributed by atoms with van der Waals surface area (Å²) in [5, 5.41) is 18.3. The fourth-order valence-corrected chi connectivity index (χ4v) is 4.82. The maximum absolute atomic E-state index is 13.5. The van der Waals surface area contributed by atoms with Crippen molar-refractivity contribution in [2.24, 2.45) is 0 Å². The number of nitrogens with two attached hydrogens (primary N) is 1. The fraction of sp³-hybridized carbons (Fsp3) is 0.577. The average molecular weight is 661 g/mol. The number of ether oxygens (including phenoxy) is 4. The Morgan fingerprint density at radius 3 is 2.31 bits per heavy atom. The quantitative estimate of drug-likeness (QED) is 0.0589. The average Bonchev–Trinajstić information content (AvgIpc) is 3.36. The Morgan fingerprint density at radius 2 is 1.71 bits per heavy atom. The molecule has 0 radical (unpaired) electrons. The van der Waals surface area contributed by atoms with E-state index in [2.05, 4.69) is 20.0 Å². The van der Waals surface area contributed by atoms with E-state index >= 15 is 0 Å². The van der Waals surface area contributed by atoms with Crippen LogP contribution in [-0.2, 0) is 49.0 Å². The van der Waals surface area contributed by atoms with Gasteiger partial charge in [-0.1, -0.05) is 19.8 Å². The van der Waals surface area contributed by atoms with Gasteiger partial charge in [0.2, 0.25) is 6.79 Å². The SMILES string of the molecule is CCCCCOC(=O)[C@H](C)NP(=O)(CO[C@H](C)Cn1cnc2c(N)ncnc21)OCOC(=O)OC(C)C.O=C(O)/C=C/C(=O)O. The van der Waals surface area contributed by atoms with Gasteiger partial charge in [-0.3, -0.25) is 13.9 Å². The summed E-state index contributed by atoms with van der Waals surface area (Å²) >= 11 is 0. The first-order valence-corrected chi connectivity index (χ1v) is 15.7. The summed E-state index contributed by atoms with van der Waals surface area (Å²) in [4.78, 5) is 55.4. The Kier molecular flexibility index (Phi) is 17.3. The lowest BCUT2D eigenvalue weighted by atomic mass is 10.3. The molecule has 2 heterocycles. The van der Waals surface area contributed by atoms with E-state index in [1.165, 1.54) is 13.3 Å². The van der Waals surface area contributed by atoms with E-state index in [-0.39, 0.29) is 12.4 Å². The van der Waals surface area contributed by atoms with Crippen molar-refractivity contribution in [2.45, 2.75) is 78.7 Å². The van der Waals surface area contributed by atoms with E-state index in [1.807, 2.05) is 6.92 Å². The summed E-state index contributed by atoms with van der Waals surface area (Å²) in [6, 6.07) is -0.966. The second-order valence-electron chi connectivity index (χ2n) is 9.65. The number of carboxylic acid groups (broad SMARTS) is 2. The third-order valence-corrected chi connectivity index (χ3v) is 7.08. The van der Waals surface area contributed by atoms with E-state index < -0.39 is 63.0 Å². The zero-order valence-corrected chi connectivity index (χ0v) is 26.7. The number of rotatable bonds is 18. The predicted molar refractivity (Wildman–Crippen MR) is 159 cm³/mol. The molecule has 3 atom stereocenters. The number of hydrogen-bond donors (Lipinski definition) is 4. The van der Waals surface area contributed by atoms with Gasteiger partial charge in [0.05, 0.1) is 31.7 Å². The van der Waals surface area contributed by atoms with E-state index in [0.29, 0.717) is 29.9 Å². The normalized spacial score (nSPS) is 13.8. The number of fused-ring (bicyclic) bond motifs is 1. The number of carboxylic acids is 2. The monoisotopic (exact) mass is 660 g/mol. The van der Waals surface area contributed by atoms with Crippen molar-refractivity contribution in [1.29, 1.82) is 0 Å². The lowest BCUT2D eigenvalue weighted by molar-refractivity contribution is -0.145. The summed E-state index contributed by atoms with van der Waals surface area (Å²) in [7, 11) is -3.84. The first kappa shape index (κ1) is 38.9. The molecule has 0 saturated heterocycles. The third kappa shape index (κ3) is 16.0. The van der Waals surface area contributed by atoms with Gasteiger partial charge in [0, 0.05) is 12.2 Å². The van der Waals surface area contributed by atoms with Crippen LogP contribution in [0.4, 0.5) is 10.6 Å². The molecule has 0 spiro atoms. The molecule has 252 valence electrons. The second kappa shape index (κ2) is 20.0. The number of carbonyl (C=O) groups is 4. The summed E-state index contributed by atoms with van der Waals surface area (Å²) in [5.74, 6) is -2.85. The van der Waals surface area contributed by atoms with E-state index in [1.54, 1.807) is 31.7 Å². The Labute approximate surface area is 259 Å². The minimum Gasteiger partial charge on any atom is -0.478 e. The molecule has 0 aliphatic carbocycles. The zero-order valence-electron chi connectivity index (χ0n) is 25.8. The van der Waals surface area contributed by atoms with Gasteiger partial charge in [-0.05, 0) is 34.1 Å². The van der Waals surface area contributed by atoms with Crippen LogP contribution < -0.4 is 10.8 Å². The second-order valence-corrected chi connectivity index (χ2v) is 11.8. The standard InChI is InChI=1S/C22H37N6O8P.C4H4O4/c1-6-7-8-9-32-21(29)17(5)27-37(31,35-13-33-22(30)36-15(2)3)14-34-16(4)10-28-12-26-18-19(23)24-11-25-20(18)28;5-3(6)1-2-4(7)8/h11-12,15-17H,6-10,13-14H2,1-5H3,(H,27,31)(H2,23,24,25);1-2H,(H,5,6)(H,7,8)/b;2-1+/t16-,17+,37?;/m1./s1. The molecule has 0 saturated carbocycles. The molecule has 45 heavy (non-hydrogen) atoms. The first-order valence-electron chi connectivity index (χ1n) is 13.9. The van der Waals surface area contributed by atoms with Crippen LogP contribution in [0.5, 0.6) is 0 Å². The van der Waals surface area contributed by atoms with E-state index in [0.717, 1.165) is 19.3 Å². The zero-order chi connectivity index (χ0) is 34.0. The van der Waals surface area contributed by atoms with Crippen molar-refractivity contribution < 1.29 is 57.4 Å². The molecule has 0 aromatic carbocycles. The van der Waals surface area contributed by atoms with Crippen LogP contribution in [-0.4, -0.2) is 91.8 Å². The molecule has 1 unspecified atom stereocenters. The number of esters is 1. The summed E-state index contributed by atoms with van der Waals surface area (Å²) in [6.45, 7) is 8.49. The molecule has 0 bridgehead atoms. The van der Waals surface area contributed by atoms with Crippen LogP contribution in [0.2, 0.25) is 0 Å². The van der Waals surface area contributed by atoms with Crippen LogP contribution in [0, 0.1) is 0 Å². The van der Waals surface area contributed by atoms with Gasteiger partial charge in [0.25, 0.3) is 7.52 Å². The number of carbonyl (C=O) groups excluding carboxylic acids is 2. The number of imidazole rings is 1.